The summed E-state index contributed by atoms with van der Waals surface area (Å²) in [5.74, 6) is 0.160. The Morgan fingerprint density at radius 2 is 2.00 bits per heavy atom. The van der Waals surface area contributed by atoms with Crippen LogP contribution in [0.25, 0.3) is 0 Å². The van der Waals surface area contributed by atoms with Gasteiger partial charge in [-0.2, -0.15) is 0 Å². The van der Waals surface area contributed by atoms with E-state index in [-0.39, 0.29) is 17.5 Å². The van der Waals surface area contributed by atoms with E-state index < -0.39 is 0 Å². The van der Waals surface area contributed by atoms with Gasteiger partial charge in [-0.25, -0.2) is 4.98 Å². The lowest BCUT2D eigenvalue weighted by atomic mass is 10.1. The smallest absolute Gasteiger partial charge is 0.183 e. The number of nitrogens with zero attached hydrogens (tertiary/aromatic N) is 1. The van der Waals surface area contributed by atoms with Crippen LogP contribution in [-0.4, -0.2) is 15.2 Å². The van der Waals surface area contributed by atoms with Gasteiger partial charge in [0, 0.05) is 11.6 Å². The Labute approximate surface area is 97.2 Å². The predicted molar refractivity (Wildman–Crippen MR) is 63.9 cm³/mol. The lowest BCUT2D eigenvalue weighted by Crippen LogP contribution is -2.06. The number of hydrogen-bond donors (Lipinski definition) is 3. The van der Waals surface area contributed by atoms with E-state index in [1.165, 1.54) is 11.3 Å². The number of benzene rings is 1. The van der Waals surface area contributed by atoms with Gasteiger partial charge < -0.3 is 15.5 Å². The van der Waals surface area contributed by atoms with E-state index >= 15 is 0 Å². The first-order valence-corrected chi connectivity index (χ1v) is 5.73. The molecule has 1 heterocycles. The highest BCUT2D eigenvalue weighted by molar-refractivity contribution is 7.13. The quantitative estimate of drug-likeness (QED) is 0.766. The topological polar surface area (TPSA) is 65.4 Å². The molecular formula is C11H12N2O2S. The van der Waals surface area contributed by atoms with Gasteiger partial charge in [0.15, 0.2) is 5.13 Å². The van der Waals surface area contributed by atoms with Crippen molar-refractivity contribution < 1.29 is 10.2 Å². The van der Waals surface area contributed by atoms with E-state index in [0.29, 0.717) is 5.56 Å². The summed E-state index contributed by atoms with van der Waals surface area (Å²) in [4.78, 5) is 4.09. The fourth-order valence-corrected chi connectivity index (χ4v) is 2.15. The SMILES string of the molecule is CC(Nc1nccs1)c1c(O)cccc1O. The van der Waals surface area contributed by atoms with Crippen molar-refractivity contribution in [1.82, 2.24) is 4.98 Å². The molecular weight excluding hydrogens is 224 g/mol. The molecule has 0 amide bonds. The molecule has 0 fully saturated rings. The molecule has 0 saturated heterocycles. The molecule has 1 aromatic heterocycles. The van der Waals surface area contributed by atoms with Crippen LogP contribution in [0.4, 0.5) is 5.13 Å². The van der Waals surface area contributed by atoms with E-state index in [1.807, 2.05) is 12.3 Å². The summed E-state index contributed by atoms with van der Waals surface area (Å²) in [5.41, 5.74) is 0.484. The number of phenolic OH excluding ortho intramolecular Hbond substituents is 2. The number of nitrogens with one attached hydrogen (secondary N) is 1. The zero-order valence-corrected chi connectivity index (χ0v) is 9.53. The molecule has 0 radical (unpaired) electrons. The number of phenols is 2. The number of thiazole rings is 1. The van der Waals surface area contributed by atoms with E-state index in [9.17, 15) is 10.2 Å². The predicted octanol–water partition coefficient (Wildman–Crippen LogP) is 2.73. The van der Waals surface area contributed by atoms with Gasteiger partial charge in [0.05, 0.1) is 11.6 Å². The summed E-state index contributed by atoms with van der Waals surface area (Å²) >= 11 is 1.47. The molecule has 2 rings (SSSR count). The number of hydrogen-bond acceptors (Lipinski definition) is 5. The van der Waals surface area contributed by atoms with E-state index in [0.717, 1.165) is 5.13 Å². The van der Waals surface area contributed by atoms with Crippen LogP contribution in [0, 0.1) is 0 Å². The van der Waals surface area contributed by atoms with Crippen molar-refractivity contribution in [3.63, 3.8) is 0 Å². The van der Waals surface area contributed by atoms with Gasteiger partial charge >= 0.3 is 0 Å². The summed E-state index contributed by atoms with van der Waals surface area (Å²) in [7, 11) is 0. The van der Waals surface area contributed by atoms with Crippen LogP contribution >= 0.6 is 11.3 Å². The normalized spacial score (nSPS) is 12.3. The summed E-state index contributed by atoms with van der Waals surface area (Å²) < 4.78 is 0. The first-order chi connectivity index (χ1) is 7.68. The van der Waals surface area contributed by atoms with Crippen LogP contribution in [0.15, 0.2) is 29.8 Å². The second-order valence-electron chi connectivity index (χ2n) is 3.41. The van der Waals surface area contributed by atoms with Crippen LogP contribution in [0.1, 0.15) is 18.5 Å². The Morgan fingerprint density at radius 3 is 2.56 bits per heavy atom. The molecule has 1 atom stereocenters. The Kier molecular flexibility index (Phi) is 2.96. The highest BCUT2D eigenvalue weighted by Gasteiger charge is 2.15. The highest BCUT2D eigenvalue weighted by Crippen LogP contribution is 2.34. The molecule has 1 unspecified atom stereocenters. The van der Waals surface area contributed by atoms with Gasteiger partial charge in [-0.15, -0.1) is 11.3 Å². The molecule has 0 aliphatic carbocycles. The average molecular weight is 236 g/mol. The van der Waals surface area contributed by atoms with E-state index in [1.54, 1.807) is 24.4 Å². The first kappa shape index (κ1) is 10.8. The van der Waals surface area contributed by atoms with Gasteiger partial charge in [-0.05, 0) is 19.1 Å². The summed E-state index contributed by atoms with van der Waals surface area (Å²) in [5, 5.41) is 25.1. The van der Waals surface area contributed by atoms with Crippen molar-refractivity contribution in [1.29, 1.82) is 0 Å². The summed E-state index contributed by atoms with van der Waals surface area (Å²) in [6.45, 7) is 1.86. The summed E-state index contributed by atoms with van der Waals surface area (Å²) in [6, 6.07) is 4.50. The van der Waals surface area contributed by atoms with Crippen LogP contribution in [0.3, 0.4) is 0 Å². The van der Waals surface area contributed by atoms with E-state index in [4.69, 9.17) is 0 Å². The second kappa shape index (κ2) is 4.40. The maximum absolute atomic E-state index is 9.67. The molecule has 84 valence electrons. The molecule has 2 aromatic rings. The fraction of sp³-hybridized carbons (Fsp3) is 0.182. The third kappa shape index (κ3) is 2.09. The van der Waals surface area contributed by atoms with Crippen molar-refractivity contribution in [2.75, 3.05) is 5.32 Å². The molecule has 1 aromatic carbocycles. The molecule has 16 heavy (non-hydrogen) atoms. The molecule has 3 N–H and O–H groups in total. The third-order valence-corrected chi connectivity index (χ3v) is 2.97. The third-order valence-electron chi connectivity index (χ3n) is 2.27. The second-order valence-corrected chi connectivity index (χ2v) is 4.31. The Bertz CT molecular complexity index is 451. The van der Waals surface area contributed by atoms with Crippen molar-refractivity contribution in [3.8, 4) is 11.5 Å². The molecule has 0 saturated carbocycles. The molecule has 5 heteroatoms. The van der Waals surface area contributed by atoms with Crippen molar-refractivity contribution in [3.05, 3.63) is 35.3 Å². The van der Waals surface area contributed by atoms with Crippen LogP contribution in [-0.2, 0) is 0 Å². The Balaban J connectivity index is 2.24. The molecule has 0 spiro atoms. The van der Waals surface area contributed by atoms with Crippen molar-refractivity contribution >= 4 is 16.5 Å². The minimum absolute atomic E-state index is 0.0801. The highest BCUT2D eigenvalue weighted by atomic mass is 32.1. The molecule has 4 nitrogen and oxygen atoms in total. The Hall–Kier alpha value is -1.75. The number of rotatable bonds is 3. The number of anilines is 1. The fourth-order valence-electron chi connectivity index (χ4n) is 1.54. The van der Waals surface area contributed by atoms with Crippen LogP contribution < -0.4 is 5.32 Å². The van der Waals surface area contributed by atoms with Gasteiger partial charge in [0.1, 0.15) is 11.5 Å². The largest absolute Gasteiger partial charge is 0.507 e. The molecule has 0 aliphatic rings. The minimum Gasteiger partial charge on any atom is -0.507 e. The number of aromatic hydroxyl groups is 2. The zero-order valence-electron chi connectivity index (χ0n) is 8.71. The first-order valence-electron chi connectivity index (χ1n) is 4.85. The monoisotopic (exact) mass is 236 g/mol. The molecule has 0 aliphatic heterocycles. The van der Waals surface area contributed by atoms with Crippen LogP contribution in [0.2, 0.25) is 0 Å². The molecule has 0 bridgehead atoms. The lowest BCUT2D eigenvalue weighted by Gasteiger charge is -2.15. The van der Waals surface area contributed by atoms with Gasteiger partial charge in [0.25, 0.3) is 0 Å². The standard InChI is InChI=1S/C11H12N2O2S/c1-7(13-11-12-5-6-16-11)10-8(14)3-2-4-9(10)15/h2-7,14-15H,1H3,(H,12,13). The maximum Gasteiger partial charge on any atom is 0.183 e. The summed E-state index contributed by atoms with van der Waals surface area (Å²) in [6.07, 6.45) is 1.70. The number of aromatic nitrogens is 1. The minimum atomic E-state index is -0.202. The average Bonchev–Trinajstić information content (AvgIpc) is 2.70. The van der Waals surface area contributed by atoms with Crippen LogP contribution in [0.5, 0.6) is 11.5 Å². The zero-order chi connectivity index (χ0) is 11.5. The van der Waals surface area contributed by atoms with Gasteiger partial charge in [-0.3, -0.25) is 0 Å². The van der Waals surface area contributed by atoms with E-state index in [2.05, 4.69) is 10.3 Å². The van der Waals surface area contributed by atoms with Crippen molar-refractivity contribution in [2.24, 2.45) is 0 Å². The maximum atomic E-state index is 9.67. The Morgan fingerprint density at radius 1 is 1.31 bits per heavy atom. The van der Waals surface area contributed by atoms with Gasteiger partial charge in [0.2, 0.25) is 0 Å². The lowest BCUT2D eigenvalue weighted by molar-refractivity contribution is 0.434. The van der Waals surface area contributed by atoms with Gasteiger partial charge in [-0.1, -0.05) is 6.07 Å². The van der Waals surface area contributed by atoms with Crippen molar-refractivity contribution in [2.45, 2.75) is 13.0 Å².